The predicted molar refractivity (Wildman–Crippen MR) is 110 cm³/mol. The minimum atomic E-state index is -0.327. The monoisotopic (exact) mass is 428 g/mol. The predicted octanol–water partition coefficient (Wildman–Crippen LogP) is 2.44. The molecule has 2 aromatic rings. The molecule has 2 aromatic carbocycles. The molecule has 0 aliphatic carbocycles. The number of hydrogen-bond acceptors (Lipinski definition) is 5. The number of ether oxygens (including phenoxy) is 2. The summed E-state index contributed by atoms with van der Waals surface area (Å²) in [5, 5.41) is 9.60. The number of likely N-dealkylation sites (tertiary alicyclic amines) is 1. The molecule has 2 heterocycles. The molecule has 2 amide bonds. The summed E-state index contributed by atoms with van der Waals surface area (Å²) < 4.78 is 24.3. The lowest BCUT2D eigenvalue weighted by molar-refractivity contribution is -0.155. The van der Waals surface area contributed by atoms with Crippen LogP contribution in [0.15, 0.2) is 48.5 Å². The highest BCUT2D eigenvalue weighted by atomic mass is 19.1. The molecular formula is C23H25FN2O5. The number of halogens is 1. The first-order valence-electron chi connectivity index (χ1n) is 10.4. The quantitative estimate of drug-likeness (QED) is 0.792. The van der Waals surface area contributed by atoms with Crippen LogP contribution in [0.4, 0.5) is 4.39 Å². The van der Waals surface area contributed by atoms with E-state index in [9.17, 15) is 19.1 Å². The number of carbonyl (C=O) groups is 2. The second-order valence-electron chi connectivity index (χ2n) is 7.82. The summed E-state index contributed by atoms with van der Waals surface area (Å²) in [7, 11) is 0. The van der Waals surface area contributed by atoms with Gasteiger partial charge in [-0.1, -0.05) is 6.07 Å². The fraction of sp³-hybridized carbons (Fsp3) is 0.391. The van der Waals surface area contributed by atoms with Crippen LogP contribution in [0, 0.1) is 5.82 Å². The van der Waals surface area contributed by atoms with Gasteiger partial charge in [-0.3, -0.25) is 9.59 Å². The van der Waals surface area contributed by atoms with E-state index in [1.54, 1.807) is 29.2 Å². The zero-order valence-electron chi connectivity index (χ0n) is 17.1. The summed E-state index contributed by atoms with van der Waals surface area (Å²) in [6.07, 6.45) is 1.10. The van der Waals surface area contributed by atoms with Gasteiger partial charge in [0.1, 0.15) is 36.6 Å². The first-order valence-corrected chi connectivity index (χ1v) is 10.4. The van der Waals surface area contributed by atoms with E-state index in [1.807, 2.05) is 4.90 Å². The molecule has 0 saturated carbocycles. The van der Waals surface area contributed by atoms with E-state index in [0.29, 0.717) is 43.8 Å². The molecule has 7 nitrogen and oxygen atoms in total. The zero-order chi connectivity index (χ0) is 21.8. The number of phenolic OH excluding ortho intramolecular Hbond substituents is 1. The van der Waals surface area contributed by atoms with Gasteiger partial charge in [0, 0.05) is 24.7 Å². The molecule has 1 unspecified atom stereocenters. The molecule has 4 rings (SSSR count). The van der Waals surface area contributed by atoms with Crippen molar-refractivity contribution >= 4 is 11.8 Å². The Kier molecular flexibility index (Phi) is 6.36. The van der Waals surface area contributed by atoms with Crippen LogP contribution < -0.4 is 4.74 Å². The van der Waals surface area contributed by atoms with Gasteiger partial charge in [0.2, 0.25) is 5.91 Å². The number of carbonyl (C=O) groups excluding carboxylic acids is 2. The van der Waals surface area contributed by atoms with E-state index in [4.69, 9.17) is 9.47 Å². The van der Waals surface area contributed by atoms with Crippen LogP contribution in [0.2, 0.25) is 0 Å². The van der Waals surface area contributed by atoms with Gasteiger partial charge in [0.25, 0.3) is 5.91 Å². The summed E-state index contributed by atoms with van der Waals surface area (Å²) in [6, 6.07) is 12.1. The third-order valence-electron chi connectivity index (χ3n) is 5.70. The van der Waals surface area contributed by atoms with E-state index in [-0.39, 0.29) is 48.7 Å². The number of nitrogens with zero attached hydrogens (tertiary/aromatic N) is 2. The Morgan fingerprint density at radius 3 is 2.61 bits per heavy atom. The molecule has 2 saturated heterocycles. The second kappa shape index (κ2) is 9.34. The van der Waals surface area contributed by atoms with Gasteiger partial charge in [-0.25, -0.2) is 4.39 Å². The fourth-order valence-electron chi connectivity index (χ4n) is 4.02. The van der Waals surface area contributed by atoms with Crippen molar-refractivity contribution in [2.24, 2.45) is 0 Å². The second-order valence-corrected chi connectivity index (χ2v) is 7.82. The first-order chi connectivity index (χ1) is 15.0. The molecule has 164 valence electrons. The Bertz CT molecular complexity index is 928. The van der Waals surface area contributed by atoms with Crippen LogP contribution in [0.25, 0.3) is 0 Å². The number of phenols is 1. The fourth-order valence-corrected chi connectivity index (χ4v) is 4.02. The summed E-state index contributed by atoms with van der Waals surface area (Å²) in [5.74, 6) is 0.108. The molecule has 1 N–H and O–H groups in total. The van der Waals surface area contributed by atoms with Crippen LogP contribution in [0.3, 0.4) is 0 Å². The van der Waals surface area contributed by atoms with Gasteiger partial charge in [-0.2, -0.15) is 0 Å². The van der Waals surface area contributed by atoms with Gasteiger partial charge in [0.05, 0.1) is 6.54 Å². The normalized spacial score (nSPS) is 20.0. The highest BCUT2D eigenvalue weighted by Gasteiger charge is 2.34. The molecule has 0 bridgehead atoms. The highest BCUT2D eigenvalue weighted by molar-refractivity contribution is 5.94. The van der Waals surface area contributed by atoms with Gasteiger partial charge >= 0.3 is 0 Å². The minimum absolute atomic E-state index is 0.000118. The van der Waals surface area contributed by atoms with Crippen LogP contribution in [-0.2, 0) is 9.53 Å². The van der Waals surface area contributed by atoms with Gasteiger partial charge in [0.15, 0.2) is 0 Å². The number of amides is 2. The van der Waals surface area contributed by atoms with E-state index in [2.05, 4.69) is 0 Å². The molecule has 0 spiro atoms. The van der Waals surface area contributed by atoms with Crippen molar-refractivity contribution in [2.75, 3.05) is 32.8 Å². The Balaban J connectivity index is 1.30. The Labute approximate surface area is 180 Å². The Hall–Kier alpha value is -3.13. The van der Waals surface area contributed by atoms with Gasteiger partial charge in [-0.05, 0) is 55.3 Å². The maximum atomic E-state index is 13.0. The third-order valence-corrected chi connectivity index (χ3v) is 5.70. The summed E-state index contributed by atoms with van der Waals surface area (Å²) in [4.78, 5) is 28.7. The standard InChI is InChI=1S/C23H25FN2O5/c24-17-4-6-20(7-5-17)30-14-21-13-26(22(28)15-31-21)18-8-10-25(11-9-18)23(29)16-2-1-3-19(27)12-16/h1-7,12,18,21,27H,8-11,13-15H2. The molecule has 31 heavy (non-hydrogen) atoms. The maximum Gasteiger partial charge on any atom is 0.253 e. The number of aromatic hydroxyl groups is 1. The molecule has 8 heteroatoms. The molecule has 0 radical (unpaired) electrons. The SMILES string of the molecule is O=C(c1cccc(O)c1)N1CCC(N2CC(COc3ccc(F)cc3)OCC2=O)CC1. The van der Waals surface area contributed by atoms with Crippen LogP contribution in [0.5, 0.6) is 11.5 Å². The summed E-state index contributed by atoms with van der Waals surface area (Å²) in [5.41, 5.74) is 0.457. The largest absolute Gasteiger partial charge is 0.508 e. The lowest BCUT2D eigenvalue weighted by Gasteiger charge is -2.42. The average molecular weight is 428 g/mol. The number of rotatable bonds is 5. The van der Waals surface area contributed by atoms with Gasteiger partial charge in [-0.15, -0.1) is 0 Å². The van der Waals surface area contributed by atoms with Crippen molar-refractivity contribution in [3.05, 3.63) is 59.9 Å². The van der Waals surface area contributed by atoms with Crippen molar-refractivity contribution < 1.29 is 28.6 Å². The topological polar surface area (TPSA) is 79.3 Å². The highest BCUT2D eigenvalue weighted by Crippen LogP contribution is 2.23. The molecule has 0 aromatic heterocycles. The van der Waals surface area contributed by atoms with Crippen LogP contribution >= 0.6 is 0 Å². The summed E-state index contributed by atoms with van der Waals surface area (Å²) in [6.45, 7) is 1.77. The number of morpholine rings is 1. The maximum absolute atomic E-state index is 13.0. The first kappa shape index (κ1) is 21.1. The minimum Gasteiger partial charge on any atom is -0.508 e. The smallest absolute Gasteiger partial charge is 0.253 e. The lowest BCUT2D eigenvalue weighted by atomic mass is 10.0. The average Bonchev–Trinajstić information content (AvgIpc) is 2.79. The molecule has 2 aliphatic rings. The number of piperidine rings is 1. The summed E-state index contributed by atoms with van der Waals surface area (Å²) >= 11 is 0. The van der Waals surface area contributed by atoms with Crippen LogP contribution in [-0.4, -0.2) is 71.7 Å². The molecule has 2 fully saturated rings. The third kappa shape index (κ3) is 5.14. The van der Waals surface area contributed by atoms with Crippen molar-refractivity contribution in [1.82, 2.24) is 9.80 Å². The lowest BCUT2D eigenvalue weighted by Crippen LogP contribution is -2.55. The van der Waals surface area contributed by atoms with Crippen molar-refractivity contribution in [1.29, 1.82) is 0 Å². The molecule has 1 atom stereocenters. The Morgan fingerprint density at radius 2 is 1.90 bits per heavy atom. The zero-order valence-corrected chi connectivity index (χ0v) is 17.1. The number of hydrogen-bond donors (Lipinski definition) is 1. The van der Waals surface area contributed by atoms with E-state index >= 15 is 0 Å². The van der Waals surface area contributed by atoms with Crippen molar-refractivity contribution in [3.63, 3.8) is 0 Å². The molecular weight excluding hydrogens is 403 g/mol. The van der Waals surface area contributed by atoms with E-state index < -0.39 is 0 Å². The Morgan fingerprint density at radius 1 is 1.16 bits per heavy atom. The van der Waals surface area contributed by atoms with Crippen LogP contribution in [0.1, 0.15) is 23.2 Å². The van der Waals surface area contributed by atoms with Gasteiger partial charge < -0.3 is 24.4 Å². The van der Waals surface area contributed by atoms with E-state index in [1.165, 1.54) is 24.3 Å². The number of benzene rings is 2. The van der Waals surface area contributed by atoms with E-state index in [0.717, 1.165) is 0 Å². The van der Waals surface area contributed by atoms with Crippen molar-refractivity contribution in [3.8, 4) is 11.5 Å². The molecule has 2 aliphatic heterocycles. The van der Waals surface area contributed by atoms with Crippen molar-refractivity contribution in [2.45, 2.75) is 25.0 Å².